The number of para-hydroxylation sites is 1. The summed E-state index contributed by atoms with van der Waals surface area (Å²) in [5.41, 5.74) is 6.26. The molecule has 2 aromatic heterocycles. The Hall–Kier alpha value is -3.55. The monoisotopic (exact) mass is 463 g/mol. The van der Waals surface area contributed by atoms with E-state index in [1.54, 1.807) is 18.2 Å². The van der Waals surface area contributed by atoms with Crippen LogP contribution in [0.5, 0.6) is 11.5 Å². The van der Waals surface area contributed by atoms with E-state index in [1.807, 2.05) is 49.4 Å². The van der Waals surface area contributed by atoms with Crippen molar-refractivity contribution in [3.05, 3.63) is 76.6 Å². The maximum absolute atomic E-state index is 9.94. The minimum atomic E-state index is 0.0575. The lowest BCUT2D eigenvalue weighted by molar-refractivity contribution is 0.373. The number of aromatic hydroxyl groups is 1. The molecule has 0 aliphatic rings. The van der Waals surface area contributed by atoms with Crippen molar-refractivity contribution in [1.82, 2.24) is 4.98 Å². The number of nitrogens with zero attached hydrogens (tertiary/aromatic N) is 2. The Kier molecular flexibility index (Phi) is 5.20. The van der Waals surface area contributed by atoms with Gasteiger partial charge in [-0.15, -0.1) is 0 Å². The number of anilines is 1. The molecule has 0 radical (unpaired) electrons. The predicted molar refractivity (Wildman–Crippen MR) is 128 cm³/mol. The number of phenolic OH excluding ortho intramolecular Hbond substituents is 1. The first-order valence-corrected chi connectivity index (χ1v) is 11.0. The Morgan fingerprint density at radius 3 is 2.78 bits per heavy atom. The molecule has 0 saturated heterocycles. The molecule has 8 heteroatoms. The summed E-state index contributed by atoms with van der Waals surface area (Å²) in [7, 11) is 1.50. The lowest BCUT2D eigenvalue weighted by Gasteiger charge is -2.09. The van der Waals surface area contributed by atoms with Crippen molar-refractivity contribution in [1.29, 1.82) is 0 Å². The first-order valence-electron chi connectivity index (χ1n) is 9.78. The van der Waals surface area contributed by atoms with Gasteiger partial charge in [-0.25, -0.2) is 4.98 Å². The van der Waals surface area contributed by atoms with Gasteiger partial charge in [0.05, 0.1) is 22.7 Å². The number of aromatic nitrogens is 1. The van der Waals surface area contributed by atoms with Crippen molar-refractivity contribution in [2.45, 2.75) is 6.92 Å². The van der Waals surface area contributed by atoms with E-state index in [0.29, 0.717) is 32.6 Å². The first kappa shape index (κ1) is 20.4. The molecule has 160 valence electrons. The van der Waals surface area contributed by atoms with E-state index in [0.717, 1.165) is 26.7 Å². The average Bonchev–Trinajstić information content (AvgIpc) is 3.21. The number of phenols is 1. The van der Waals surface area contributed by atoms with Crippen LogP contribution in [-0.2, 0) is 0 Å². The van der Waals surface area contributed by atoms with Crippen LogP contribution in [0, 0.1) is 6.92 Å². The van der Waals surface area contributed by atoms with Gasteiger partial charge in [-0.2, -0.15) is 5.10 Å². The van der Waals surface area contributed by atoms with Gasteiger partial charge in [-0.3, -0.25) is 5.43 Å². The van der Waals surface area contributed by atoms with Crippen LogP contribution in [0.3, 0.4) is 0 Å². The Morgan fingerprint density at radius 1 is 1.12 bits per heavy atom. The molecular formula is C24H18ClN3O3S. The number of methoxy groups -OCH3 is 1. The molecule has 5 rings (SSSR count). The molecule has 0 saturated carbocycles. The third-order valence-electron chi connectivity index (χ3n) is 5.05. The van der Waals surface area contributed by atoms with Crippen molar-refractivity contribution in [3.63, 3.8) is 0 Å². The minimum absolute atomic E-state index is 0.0575. The van der Waals surface area contributed by atoms with Crippen molar-refractivity contribution >= 4 is 49.3 Å². The second-order valence-corrected chi connectivity index (χ2v) is 8.63. The average molecular weight is 464 g/mol. The summed E-state index contributed by atoms with van der Waals surface area (Å²) in [5, 5.41) is 17.3. The van der Waals surface area contributed by atoms with Gasteiger partial charge in [-0.05, 0) is 55.0 Å². The topological polar surface area (TPSA) is 79.9 Å². The quantitative estimate of drug-likeness (QED) is 0.305. The molecule has 3 aromatic carbocycles. The standard InChI is InChI=1S/C24H18ClN3O3S/c1-13-9-21-15(11-16(13)25)18(27-28-24-26-17-5-3-4-6-23(17)32-24)12-20(31-21)14-7-8-19(29)22(10-14)30-2/h3-12,29H,1-2H3,(H,26,28). The van der Waals surface area contributed by atoms with Gasteiger partial charge in [0.15, 0.2) is 11.5 Å². The van der Waals surface area contributed by atoms with Gasteiger partial charge in [0.1, 0.15) is 11.3 Å². The van der Waals surface area contributed by atoms with E-state index in [9.17, 15) is 5.11 Å². The number of benzene rings is 3. The largest absolute Gasteiger partial charge is 0.504 e. The predicted octanol–water partition coefficient (Wildman–Crippen LogP) is 6.31. The second-order valence-electron chi connectivity index (χ2n) is 7.19. The van der Waals surface area contributed by atoms with E-state index >= 15 is 0 Å². The van der Waals surface area contributed by atoms with Crippen LogP contribution in [0.1, 0.15) is 5.56 Å². The fraction of sp³-hybridized carbons (Fsp3) is 0.0833. The Labute approximate surface area is 192 Å². The number of thiazole rings is 1. The van der Waals surface area contributed by atoms with Crippen molar-refractivity contribution in [3.8, 4) is 22.8 Å². The molecule has 6 nitrogen and oxygen atoms in total. The normalized spacial score (nSPS) is 11.9. The van der Waals surface area contributed by atoms with E-state index < -0.39 is 0 Å². The SMILES string of the molecule is COc1cc(-c2cc(=NNc3nc4ccccc4s3)c3cc(Cl)c(C)cc3o2)ccc1O. The zero-order valence-corrected chi connectivity index (χ0v) is 18.8. The lowest BCUT2D eigenvalue weighted by Crippen LogP contribution is -2.07. The van der Waals surface area contributed by atoms with Crippen LogP contribution in [0.15, 0.2) is 70.2 Å². The molecule has 0 amide bonds. The van der Waals surface area contributed by atoms with Crippen molar-refractivity contribution in [2.24, 2.45) is 5.10 Å². The van der Waals surface area contributed by atoms with E-state index in [1.165, 1.54) is 18.4 Å². The maximum Gasteiger partial charge on any atom is 0.204 e. The van der Waals surface area contributed by atoms with Crippen LogP contribution in [0.25, 0.3) is 32.5 Å². The van der Waals surface area contributed by atoms with Gasteiger partial charge in [-0.1, -0.05) is 35.1 Å². The molecule has 32 heavy (non-hydrogen) atoms. The molecular weight excluding hydrogens is 446 g/mol. The molecule has 0 fully saturated rings. The second kappa shape index (κ2) is 8.18. The Balaban J connectivity index is 1.67. The molecule has 2 heterocycles. The number of aryl methyl sites for hydroxylation is 1. The highest BCUT2D eigenvalue weighted by molar-refractivity contribution is 7.22. The fourth-order valence-electron chi connectivity index (χ4n) is 3.38. The number of hydrogen-bond donors (Lipinski definition) is 2. The van der Waals surface area contributed by atoms with Gasteiger partial charge < -0.3 is 14.3 Å². The Bertz CT molecular complexity index is 1510. The number of rotatable bonds is 4. The van der Waals surface area contributed by atoms with E-state index in [4.69, 9.17) is 20.8 Å². The summed E-state index contributed by atoms with van der Waals surface area (Å²) in [5.74, 6) is 0.987. The highest BCUT2D eigenvalue weighted by Crippen LogP contribution is 2.33. The summed E-state index contributed by atoms with van der Waals surface area (Å²) >= 11 is 7.91. The molecule has 5 aromatic rings. The molecule has 2 N–H and O–H groups in total. The van der Waals surface area contributed by atoms with Crippen LogP contribution >= 0.6 is 22.9 Å². The van der Waals surface area contributed by atoms with Gasteiger partial charge in [0.2, 0.25) is 5.13 Å². The zero-order valence-electron chi connectivity index (χ0n) is 17.2. The highest BCUT2D eigenvalue weighted by atomic mass is 35.5. The lowest BCUT2D eigenvalue weighted by atomic mass is 10.1. The molecule has 0 atom stereocenters. The van der Waals surface area contributed by atoms with Crippen LogP contribution in [0.4, 0.5) is 5.13 Å². The van der Waals surface area contributed by atoms with Crippen LogP contribution < -0.4 is 15.5 Å². The van der Waals surface area contributed by atoms with Gasteiger partial charge >= 0.3 is 0 Å². The number of hydrogen-bond acceptors (Lipinski definition) is 7. The van der Waals surface area contributed by atoms with Crippen molar-refractivity contribution < 1.29 is 14.3 Å². The smallest absolute Gasteiger partial charge is 0.204 e. The Morgan fingerprint density at radius 2 is 1.97 bits per heavy atom. The van der Waals surface area contributed by atoms with E-state index in [-0.39, 0.29) is 5.75 Å². The maximum atomic E-state index is 9.94. The summed E-state index contributed by atoms with van der Waals surface area (Å²) < 4.78 is 12.5. The summed E-state index contributed by atoms with van der Waals surface area (Å²) in [6, 6.07) is 18.5. The molecule has 0 aliphatic carbocycles. The van der Waals surface area contributed by atoms with Crippen molar-refractivity contribution in [2.75, 3.05) is 12.5 Å². The summed E-state index contributed by atoms with van der Waals surface area (Å²) in [4.78, 5) is 4.57. The van der Waals surface area contributed by atoms with Crippen LogP contribution in [0.2, 0.25) is 5.02 Å². The molecule has 0 spiro atoms. The fourth-order valence-corrected chi connectivity index (χ4v) is 4.36. The number of halogens is 1. The number of ether oxygens (including phenoxy) is 1. The third-order valence-corrected chi connectivity index (χ3v) is 6.40. The molecule has 0 unspecified atom stereocenters. The highest BCUT2D eigenvalue weighted by Gasteiger charge is 2.11. The van der Waals surface area contributed by atoms with Gasteiger partial charge in [0, 0.05) is 22.0 Å². The number of fused-ring (bicyclic) bond motifs is 2. The zero-order chi connectivity index (χ0) is 22.2. The summed E-state index contributed by atoms with van der Waals surface area (Å²) in [6.45, 7) is 1.92. The molecule has 0 aliphatic heterocycles. The molecule has 0 bridgehead atoms. The van der Waals surface area contributed by atoms with Gasteiger partial charge in [0.25, 0.3) is 0 Å². The van der Waals surface area contributed by atoms with E-state index in [2.05, 4.69) is 15.5 Å². The minimum Gasteiger partial charge on any atom is -0.504 e. The van der Waals surface area contributed by atoms with Crippen LogP contribution in [-0.4, -0.2) is 17.2 Å². The summed E-state index contributed by atoms with van der Waals surface area (Å²) in [6.07, 6.45) is 0. The first-order chi connectivity index (χ1) is 15.5. The third kappa shape index (κ3) is 3.77. The number of nitrogens with one attached hydrogen (secondary N) is 1.